The number of fused-ring (bicyclic) bond motifs is 1. The highest BCUT2D eigenvalue weighted by Crippen LogP contribution is 2.39. The van der Waals surface area contributed by atoms with E-state index in [2.05, 4.69) is 9.50 Å². The summed E-state index contributed by atoms with van der Waals surface area (Å²) < 4.78 is 64.2. The second-order valence-corrected chi connectivity index (χ2v) is 8.47. The van der Waals surface area contributed by atoms with Crippen LogP contribution in [0, 0.1) is 0 Å². The van der Waals surface area contributed by atoms with Crippen molar-refractivity contribution in [3.8, 4) is 5.75 Å². The van der Waals surface area contributed by atoms with Gasteiger partial charge in [0.05, 0.1) is 6.04 Å². The molecule has 1 saturated heterocycles. The summed E-state index contributed by atoms with van der Waals surface area (Å²) in [4.78, 5) is 37.0. The van der Waals surface area contributed by atoms with Gasteiger partial charge in [0.2, 0.25) is 5.91 Å². The van der Waals surface area contributed by atoms with E-state index in [1.807, 2.05) is 0 Å². The summed E-state index contributed by atoms with van der Waals surface area (Å²) in [5, 5.41) is 21.0. The second kappa shape index (κ2) is 7.98. The van der Waals surface area contributed by atoms with Crippen LogP contribution in [0.2, 0.25) is 0 Å². The van der Waals surface area contributed by atoms with Gasteiger partial charge in [-0.2, -0.15) is 21.6 Å². The van der Waals surface area contributed by atoms with Crippen molar-refractivity contribution in [2.24, 2.45) is 5.73 Å². The lowest BCUT2D eigenvalue weighted by molar-refractivity contribution is -0.156. The first kappa shape index (κ1) is 23.3. The number of aromatic hydroxyl groups is 1. The van der Waals surface area contributed by atoms with Crippen molar-refractivity contribution in [3.05, 3.63) is 41.3 Å². The highest BCUT2D eigenvalue weighted by Gasteiger charge is 2.56. The molecule has 0 saturated carbocycles. The van der Waals surface area contributed by atoms with Crippen molar-refractivity contribution in [2.45, 2.75) is 36.5 Å². The number of amides is 2. The number of phenols is 1. The minimum atomic E-state index is -6.14. The van der Waals surface area contributed by atoms with E-state index >= 15 is 0 Å². The van der Waals surface area contributed by atoms with Crippen LogP contribution in [0.4, 0.5) is 13.2 Å². The van der Waals surface area contributed by atoms with E-state index in [0.29, 0.717) is 10.5 Å². The number of hydrogen-bond acceptors (Lipinski definition) is 8. The molecule has 2 amide bonds. The third kappa shape index (κ3) is 4.08. The molecular weight excluding hydrogens is 463 g/mol. The van der Waals surface area contributed by atoms with Gasteiger partial charge in [-0.3, -0.25) is 14.5 Å². The molecule has 11 nitrogen and oxygen atoms in total. The Bertz CT molecular complexity index is 1100. The molecule has 0 aromatic heterocycles. The zero-order valence-corrected chi connectivity index (χ0v) is 16.7. The largest absolute Gasteiger partial charge is 0.534 e. The van der Waals surface area contributed by atoms with Crippen molar-refractivity contribution in [1.29, 1.82) is 0 Å². The average Bonchev–Trinajstić information content (AvgIpc) is 2.70. The highest BCUT2D eigenvalue weighted by atomic mass is 32.2. The van der Waals surface area contributed by atoms with E-state index in [0.717, 1.165) is 0 Å². The lowest BCUT2D eigenvalue weighted by atomic mass is 9.85. The number of allylic oxidation sites excluding steroid dienone is 1. The predicted molar refractivity (Wildman–Crippen MR) is 97.6 cm³/mol. The number of nitrogens with zero attached hydrogens (tertiary/aromatic N) is 1. The van der Waals surface area contributed by atoms with E-state index in [1.54, 1.807) is 0 Å². The number of hydrogen-bond donors (Lipinski definition) is 4. The monoisotopic (exact) mass is 479 g/mol. The van der Waals surface area contributed by atoms with Crippen molar-refractivity contribution in [3.63, 3.8) is 0 Å². The summed E-state index contributed by atoms with van der Waals surface area (Å²) in [6, 6.07) is 1.94. The van der Waals surface area contributed by atoms with Crippen LogP contribution >= 0.6 is 0 Å². The Hall–Kier alpha value is -3.33. The summed E-state index contributed by atoms with van der Waals surface area (Å²) in [6.45, 7) is 0. The van der Waals surface area contributed by atoms with Gasteiger partial charge in [0.1, 0.15) is 17.8 Å². The van der Waals surface area contributed by atoms with E-state index in [-0.39, 0.29) is 12.2 Å². The number of aliphatic carboxylic acids is 1. The van der Waals surface area contributed by atoms with Crippen LogP contribution in [-0.4, -0.2) is 58.9 Å². The van der Waals surface area contributed by atoms with E-state index in [1.165, 1.54) is 24.3 Å². The third-order valence-electron chi connectivity index (χ3n) is 4.92. The zero-order valence-electron chi connectivity index (χ0n) is 15.9. The molecule has 0 radical (unpaired) electrons. The van der Waals surface area contributed by atoms with Crippen molar-refractivity contribution >= 4 is 27.9 Å². The number of rotatable bonds is 6. The number of carboxylic acids is 1. The lowest BCUT2D eigenvalue weighted by Gasteiger charge is -2.49. The Morgan fingerprint density at radius 3 is 2.38 bits per heavy atom. The number of carbonyl (C=O) groups excluding carboxylic acids is 2. The number of benzene rings is 1. The molecule has 2 heterocycles. The zero-order chi connectivity index (χ0) is 24.0. The molecule has 0 aliphatic carbocycles. The molecule has 174 valence electrons. The van der Waals surface area contributed by atoms with Crippen LogP contribution < -0.4 is 11.1 Å². The fourth-order valence-electron chi connectivity index (χ4n) is 3.37. The Labute approximate surface area is 178 Å². The van der Waals surface area contributed by atoms with Gasteiger partial charge < -0.3 is 25.4 Å². The molecule has 1 aromatic carbocycles. The van der Waals surface area contributed by atoms with Gasteiger partial charge in [-0.1, -0.05) is 12.1 Å². The standard InChI is InChI=1S/C17H16F3N3O8S/c18-17(19,20)32(29,30)31-10-6-5-9-12(15(26)23(9)13(10)16(27)28)22-14(25)11(21)7-1-3-8(24)4-2-7/h1-4,9,11-12,24H,5-6,21H2,(H,22,25)(H,27,28)/t9-,11?,12-/m0/s1. The van der Waals surface area contributed by atoms with Crippen LogP contribution in [-0.2, 0) is 28.7 Å². The van der Waals surface area contributed by atoms with Gasteiger partial charge in [0, 0.05) is 6.42 Å². The number of carbonyl (C=O) groups is 3. The Balaban J connectivity index is 1.78. The summed E-state index contributed by atoms with van der Waals surface area (Å²) in [7, 11) is -6.14. The van der Waals surface area contributed by atoms with Crippen LogP contribution in [0.5, 0.6) is 5.75 Å². The molecule has 2 aliphatic heterocycles. The van der Waals surface area contributed by atoms with E-state index in [9.17, 15) is 46.2 Å². The highest BCUT2D eigenvalue weighted by molar-refractivity contribution is 7.87. The SMILES string of the molecule is NC(C(=O)N[C@@H]1C(=O)N2C(C(=O)O)=C(OS(=O)(=O)C(F)(F)F)CC[C@@H]12)c1ccc(O)cc1. The molecule has 3 rings (SSSR count). The van der Waals surface area contributed by atoms with Crippen LogP contribution in [0.15, 0.2) is 35.7 Å². The Kier molecular flexibility index (Phi) is 5.82. The number of nitrogens with one attached hydrogen (secondary N) is 1. The number of alkyl halides is 3. The molecule has 15 heteroatoms. The first-order valence-corrected chi connectivity index (χ1v) is 10.3. The first-order chi connectivity index (χ1) is 14.7. The first-order valence-electron chi connectivity index (χ1n) is 8.89. The minimum absolute atomic E-state index is 0.0630. The maximum Gasteiger partial charge on any atom is 0.534 e. The maximum atomic E-state index is 12.6. The van der Waals surface area contributed by atoms with Crippen LogP contribution in [0.3, 0.4) is 0 Å². The van der Waals surface area contributed by atoms with Gasteiger partial charge >= 0.3 is 21.6 Å². The molecule has 3 atom stereocenters. The quantitative estimate of drug-likeness (QED) is 0.249. The molecule has 0 spiro atoms. The van der Waals surface area contributed by atoms with Crippen molar-refractivity contribution in [2.75, 3.05) is 0 Å². The van der Waals surface area contributed by atoms with Gasteiger partial charge in [0.15, 0.2) is 11.5 Å². The second-order valence-electron chi connectivity index (χ2n) is 6.93. The Morgan fingerprint density at radius 2 is 1.84 bits per heavy atom. The number of β-lactam (4-membered cyclic amide) rings is 1. The fraction of sp³-hybridized carbons (Fsp3) is 0.353. The van der Waals surface area contributed by atoms with Gasteiger partial charge in [-0.05, 0) is 24.1 Å². The molecule has 1 aromatic rings. The topological polar surface area (TPSA) is 176 Å². The maximum absolute atomic E-state index is 12.6. The summed E-state index contributed by atoms with van der Waals surface area (Å²) in [5.41, 5.74) is -0.707. The normalized spacial score (nSPS) is 22.0. The summed E-state index contributed by atoms with van der Waals surface area (Å²) in [5.74, 6) is -4.75. The number of carboxylic acid groups (broad SMARTS) is 1. The van der Waals surface area contributed by atoms with Gasteiger partial charge in [-0.15, -0.1) is 0 Å². The number of phenolic OH excluding ortho intramolecular Hbond substituents is 1. The minimum Gasteiger partial charge on any atom is -0.508 e. The van der Waals surface area contributed by atoms with Crippen molar-refractivity contribution < 1.29 is 50.4 Å². The predicted octanol–water partition coefficient (Wildman–Crippen LogP) is 0.0438. The molecule has 5 N–H and O–H groups in total. The number of halogens is 3. The van der Waals surface area contributed by atoms with Crippen LogP contribution in [0.25, 0.3) is 0 Å². The molecular formula is C17H16F3N3O8S. The number of nitrogens with two attached hydrogens (primary N) is 1. The fourth-order valence-corrected chi connectivity index (χ4v) is 3.89. The van der Waals surface area contributed by atoms with Crippen LogP contribution in [0.1, 0.15) is 24.4 Å². The summed E-state index contributed by atoms with van der Waals surface area (Å²) in [6.07, 6.45) is -0.716. The third-order valence-corrected chi connectivity index (χ3v) is 5.91. The average molecular weight is 479 g/mol. The van der Waals surface area contributed by atoms with E-state index in [4.69, 9.17) is 5.73 Å². The van der Waals surface area contributed by atoms with E-state index < -0.39 is 69.4 Å². The molecule has 32 heavy (non-hydrogen) atoms. The van der Waals surface area contributed by atoms with Crippen molar-refractivity contribution in [1.82, 2.24) is 10.2 Å². The van der Waals surface area contributed by atoms with Gasteiger partial charge in [0.25, 0.3) is 5.91 Å². The summed E-state index contributed by atoms with van der Waals surface area (Å²) >= 11 is 0. The molecule has 2 aliphatic rings. The van der Waals surface area contributed by atoms with Gasteiger partial charge in [-0.25, -0.2) is 4.79 Å². The Morgan fingerprint density at radius 1 is 1.25 bits per heavy atom. The molecule has 1 unspecified atom stereocenters. The molecule has 0 bridgehead atoms. The smallest absolute Gasteiger partial charge is 0.508 e. The molecule has 1 fully saturated rings. The lowest BCUT2D eigenvalue weighted by Crippen LogP contribution is -2.72.